The average Bonchev–Trinajstić information content (AvgIpc) is 2.80. The Balaban J connectivity index is 1.86. The van der Waals surface area contributed by atoms with Gasteiger partial charge in [0, 0.05) is 6.54 Å². The molecule has 1 saturated heterocycles. The van der Waals surface area contributed by atoms with Gasteiger partial charge in [0.15, 0.2) is 0 Å². The lowest BCUT2D eigenvalue weighted by atomic mass is 10.2. The van der Waals surface area contributed by atoms with E-state index in [1.165, 1.54) is 12.8 Å². The third-order valence-electron chi connectivity index (χ3n) is 2.72. The number of nitrogens with zero attached hydrogens (tertiary/aromatic N) is 1. The molecular formula is C9H16N2O. The van der Waals surface area contributed by atoms with Gasteiger partial charge in [0.2, 0.25) is 5.91 Å². The molecule has 3 heteroatoms. The topological polar surface area (TPSA) is 32.3 Å². The van der Waals surface area contributed by atoms with Gasteiger partial charge in [-0.2, -0.15) is 0 Å². The summed E-state index contributed by atoms with van der Waals surface area (Å²) in [5.41, 5.74) is 0. The second kappa shape index (κ2) is 3.05. The zero-order valence-electron chi connectivity index (χ0n) is 7.55. The SMILES string of the molecule is CCC1NCN(CC2CC2)C1=O. The molecule has 1 atom stereocenters. The van der Waals surface area contributed by atoms with Crippen LogP contribution in [0.25, 0.3) is 0 Å². The minimum atomic E-state index is 0.101. The van der Waals surface area contributed by atoms with Crippen molar-refractivity contribution < 1.29 is 4.79 Å². The number of nitrogens with one attached hydrogen (secondary N) is 1. The van der Waals surface area contributed by atoms with E-state index < -0.39 is 0 Å². The molecule has 2 rings (SSSR count). The number of hydrogen-bond donors (Lipinski definition) is 1. The summed E-state index contributed by atoms with van der Waals surface area (Å²) >= 11 is 0. The normalized spacial score (nSPS) is 29.9. The Morgan fingerprint density at radius 1 is 1.58 bits per heavy atom. The first-order valence-corrected chi connectivity index (χ1v) is 4.83. The van der Waals surface area contributed by atoms with E-state index in [0.717, 1.165) is 25.6 Å². The first-order chi connectivity index (χ1) is 5.81. The summed E-state index contributed by atoms with van der Waals surface area (Å²) in [6, 6.07) is 0.101. The van der Waals surface area contributed by atoms with Crippen molar-refractivity contribution in [2.45, 2.75) is 32.2 Å². The molecule has 68 valence electrons. The van der Waals surface area contributed by atoms with Crippen LogP contribution in [-0.2, 0) is 4.79 Å². The Bertz CT molecular complexity index is 189. The number of rotatable bonds is 3. The van der Waals surface area contributed by atoms with E-state index in [1.807, 2.05) is 4.90 Å². The van der Waals surface area contributed by atoms with Gasteiger partial charge in [0.05, 0.1) is 12.7 Å². The van der Waals surface area contributed by atoms with Crippen LogP contribution in [-0.4, -0.2) is 30.1 Å². The number of hydrogen-bond acceptors (Lipinski definition) is 2. The Kier molecular flexibility index (Phi) is 2.05. The molecule has 2 aliphatic rings. The molecule has 0 aromatic carbocycles. The molecule has 0 aromatic rings. The van der Waals surface area contributed by atoms with Crippen LogP contribution in [0.15, 0.2) is 0 Å². The summed E-state index contributed by atoms with van der Waals surface area (Å²) in [5, 5.41) is 3.22. The second-order valence-electron chi connectivity index (χ2n) is 3.83. The predicted molar refractivity (Wildman–Crippen MR) is 46.5 cm³/mol. The fraction of sp³-hybridized carbons (Fsp3) is 0.889. The molecule has 3 nitrogen and oxygen atoms in total. The van der Waals surface area contributed by atoms with Gasteiger partial charge in [-0.15, -0.1) is 0 Å². The third-order valence-corrected chi connectivity index (χ3v) is 2.72. The standard InChI is InChI=1S/C9H16N2O/c1-2-8-9(12)11(6-10-8)5-7-3-4-7/h7-8,10H,2-6H2,1H3. The molecule has 0 aromatic heterocycles. The number of carbonyl (C=O) groups excluding carboxylic acids is 1. The smallest absolute Gasteiger partial charge is 0.240 e. The van der Waals surface area contributed by atoms with Crippen molar-refractivity contribution in [1.29, 1.82) is 0 Å². The van der Waals surface area contributed by atoms with E-state index >= 15 is 0 Å². The lowest BCUT2D eigenvalue weighted by Gasteiger charge is -2.13. The van der Waals surface area contributed by atoms with Crippen molar-refractivity contribution in [3.05, 3.63) is 0 Å². The second-order valence-corrected chi connectivity index (χ2v) is 3.83. The molecule has 1 amide bonds. The van der Waals surface area contributed by atoms with Gasteiger partial charge in [0.25, 0.3) is 0 Å². The molecule has 1 heterocycles. The third kappa shape index (κ3) is 1.46. The first kappa shape index (κ1) is 8.05. The van der Waals surface area contributed by atoms with E-state index in [0.29, 0.717) is 5.91 Å². The first-order valence-electron chi connectivity index (χ1n) is 4.83. The monoisotopic (exact) mass is 168 g/mol. The van der Waals surface area contributed by atoms with Crippen LogP contribution >= 0.6 is 0 Å². The minimum Gasteiger partial charge on any atom is -0.328 e. The Labute approximate surface area is 73.1 Å². The van der Waals surface area contributed by atoms with Crippen LogP contribution in [0.4, 0.5) is 0 Å². The van der Waals surface area contributed by atoms with Gasteiger partial charge in [0.1, 0.15) is 0 Å². The summed E-state index contributed by atoms with van der Waals surface area (Å²) in [6.07, 6.45) is 3.56. The lowest BCUT2D eigenvalue weighted by Crippen LogP contribution is -2.31. The zero-order valence-corrected chi connectivity index (χ0v) is 7.55. The highest BCUT2D eigenvalue weighted by molar-refractivity contribution is 5.83. The van der Waals surface area contributed by atoms with Gasteiger partial charge in [-0.1, -0.05) is 6.92 Å². The van der Waals surface area contributed by atoms with Crippen LogP contribution in [0.1, 0.15) is 26.2 Å². The van der Waals surface area contributed by atoms with E-state index in [4.69, 9.17) is 0 Å². The van der Waals surface area contributed by atoms with Crippen LogP contribution in [0.5, 0.6) is 0 Å². The average molecular weight is 168 g/mol. The molecule has 1 unspecified atom stereocenters. The summed E-state index contributed by atoms with van der Waals surface area (Å²) in [7, 11) is 0. The molecule has 12 heavy (non-hydrogen) atoms. The quantitative estimate of drug-likeness (QED) is 0.668. The van der Waals surface area contributed by atoms with Crippen molar-refractivity contribution in [2.75, 3.05) is 13.2 Å². The fourth-order valence-corrected chi connectivity index (χ4v) is 1.69. The molecule has 1 N–H and O–H groups in total. The van der Waals surface area contributed by atoms with Crippen molar-refractivity contribution >= 4 is 5.91 Å². The van der Waals surface area contributed by atoms with Gasteiger partial charge in [-0.3, -0.25) is 10.1 Å². The van der Waals surface area contributed by atoms with E-state index in [1.54, 1.807) is 0 Å². The molecule has 2 fully saturated rings. The number of carbonyl (C=O) groups is 1. The van der Waals surface area contributed by atoms with E-state index in [9.17, 15) is 4.79 Å². The maximum absolute atomic E-state index is 11.6. The molecule has 0 spiro atoms. The van der Waals surface area contributed by atoms with Crippen molar-refractivity contribution in [3.8, 4) is 0 Å². The van der Waals surface area contributed by atoms with Gasteiger partial charge in [-0.05, 0) is 25.2 Å². The van der Waals surface area contributed by atoms with Crippen LogP contribution in [0.3, 0.4) is 0 Å². The van der Waals surface area contributed by atoms with E-state index in [-0.39, 0.29) is 6.04 Å². The predicted octanol–water partition coefficient (Wildman–Crippen LogP) is 0.564. The Morgan fingerprint density at radius 2 is 2.33 bits per heavy atom. The zero-order chi connectivity index (χ0) is 8.55. The molecule has 0 bridgehead atoms. The van der Waals surface area contributed by atoms with Gasteiger partial charge < -0.3 is 4.90 Å². The molecule has 1 saturated carbocycles. The van der Waals surface area contributed by atoms with E-state index in [2.05, 4.69) is 12.2 Å². The number of amides is 1. The van der Waals surface area contributed by atoms with Gasteiger partial charge >= 0.3 is 0 Å². The maximum atomic E-state index is 11.6. The largest absolute Gasteiger partial charge is 0.328 e. The van der Waals surface area contributed by atoms with Crippen molar-refractivity contribution in [3.63, 3.8) is 0 Å². The Morgan fingerprint density at radius 3 is 2.83 bits per heavy atom. The summed E-state index contributed by atoms with van der Waals surface area (Å²) in [6.45, 7) is 3.81. The highest BCUT2D eigenvalue weighted by Gasteiger charge is 2.33. The van der Waals surface area contributed by atoms with Crippen LogP contribution < -0.4 is 5.32 Å². The fourth-order valence-electron chi connectivity index (χ4n) is 1.69. The highest BCUT2D eigenvalue weighted by atomic mass is 16.2. The lowest BCUT2D eigenvalue weighted by molar-refractivity contribution is -0.129. The minimum absolute atomic E-state index is 0.101. The van der Waals surface area contributed by atoms with Gasteiger partial charge in [-0.25, -0.2) is 0 Å². The molecular weight excluding hydrogens is 152 g/mol. The van der Waals surface area contributed by atoms with Crippen LogP contribution in [0, 0.1) is 5.92 Å². The maximum Gasteiger partial charge on any atom is 0.240 e. The molecule has 1 aliphatic heterocycles. The summed E-state index contributed by atoms with van der Waals surface area (Å²) < 4.78 is 0. The van der Waals surface area contributed by atoms with Crippen molar-refractivity contribution in [2.24, 2.45) is 5.92 Å². The van der Waals surface area contributed by atoms with Crippen LogP contribution in [0.2, 0.25) is 0 Å². The molecule has 0 radical (unpaired) electrons. The van der Waals surface area contributed by atoms with Crippen molar-refractivity contribution in [1.82, 2.24) is 10.2 Å². The summed E-state index contributed by atoms with van der Waals surface area (Å²) in [5.74, 6) is 1.12. The summed E-state index contributed by atoms with van der Waals surface area (Å²) in [4.78, 5) is 13.5. The highest BCUT2D eigenvalue weighted by Crippen LogP contribution is 2.30. The molecule has 1 aliphatic carbocycles. The Hall–Kier alpha value is -0.570.